The highest BCUT2D eigenvalue weighted by Gasteiger charge is 2.10. The van der Waals surface area contributed by atoms with E-state index >= 15 is 0 Å². The summed E-state index contributed by atoms with van der Waals surface area (Å²) in [5, 5.41) is 1.57. The molecule has 2 heterocycles. The third kappa shape index (κ3) is 3.53. The maximum Gasteiger partial charge on any atom is 0.263 e. The highest BCUT2D eigenvalue weighted by Crippen LogP contribution is 2.29. The Labute approximate surface area is 130 Å². The van der Waals surface area contributed by atoms with Crippen molar-refractivity contribution < 1.29 is 9.15 Å². The first-order chi connectivity index (χ1) is 10.2. The molecule has 108 valence electrons. The lowest BCUT2D eigenvalue weighted by molar-refractivity contribution is 0.128. The molecule has 7 heteroatoms. The van der Waals surface area contributed by atoms with Crippen molar-refractivity contribution in [3.05, 3.63) is 41.3 Å². The van der Waals surface area contributed by atoms with Crippen LogP contribution in [-0.2, 0) is 11.3 Å². The third-order valence-corrected chi connectivity index (χ3v) is 3.58. The van der Waals surface area contributed by atoms with Crippen molar-refractivity contribution in [2.24, 2.45) is 0 Å². The van der Waals surface area contributed by atoms with Gasteiger partial charge in [-0.15, -0.1) is 0 Å². The van der Waals surface area contributed by atoms with E-state index in [1.54, 1.807) is 6.07 Å². The van der Waals surface area contributed by atoms with E-state index in [1.165, 1.54) is 11.8 Å². The van der Waals surface area contributed by atoms with Crippen LogP contribution in [0.2, 0.25) is 5.15 Å². The SMILES string of the molecule is CCOCc1nc(Cl)cc(Sc2nc3ccccc3o2)n1. The Bertz CT molecular complexity index is 730. The van der Waals surface area contributed by atoms with Crippen LogP contribution in [0.1, 0.15) is 12.7 Å². The zero-order chi connectivity index (χ0) is 14.7. The number of oxazole rings is 1. The molecule has 3 rings (SSSR count). The predicted molar refractivity (Wildman–Crippen MR) is 80.5 cm³/mol. The van der Waals surface area contributed by atoms with Gasteiger partial charge in [-0.1, -0.05) is 23.7 Å². The van der Waals surface area contributed by atoms with Crippen LogP contribution in [-0.4, -0.2) is 21.6 Å². The summed E-state index contributed by atoms with van der Waals surface area (Å²) in [5.74, 6) is 0.544. The molecule has 2 aromatic heterocycles. The number of halogens is 1. The monoisotopic (exact) mass is 321 g/mol. The van der Waals surface area contributed by atoms with E-state index in [0.29, 0.717) is 34.4 Å². The lowest BCUT2D eigenvalue weighted by Gasteiger charge is -2.03. The molecular formula is C14H12ClN3O2S. The van der Waals surface area contributed by atoms with Crippen LogP contribution in [0.4, 0.5) is 0 Å². The van der Waals surface area contributed by atoms with Crippen LogP contribution in [0, 0.1) is 0 Å². The van der Waals surface area contributed by atoms with Crippen LogP contribution in [0.5, 0.6) is 0 Å². The number of ether oxygens (including phenoxy) is 1. The Morgan fingerprint density at radius 1 is 1.24 bits per heavy atom. The standard InChI is InChI=1S/C14H12ClN3O2S/c1-2-19-8-12-17-11(15)7-13(18-12)21-14-16-9-5-3-4-6-10(9)20-14/h3-7H,2,8H2,1H3. The van der Waals surface area contributed by atoms with Gasteiger partial charge in [-0.2, -0.15) is 0 Å². The molecule has 0 aliphatic rings. The second kappa shape index (κ2) is 6.43. The Hall–Kier alpha value is -1.63. The normalized spacial score (nSPS) is 11.1. The second-order valence-corrected chi connectivity index (χ2v) is 5.49. The van der Waals surface area contributed by atoms with Gasteiger partial charge in [-0.05, 0) is 30.8 Å². The Morgan fingerprint density at radius 3 is 2.90 bits per heavy atom. The van der Waals surface area contributed by atoms with E-state index in [9.17, 15) is 0 Å². The molecule has 0 spiro atoms. The highest BCUT2D eigenvalue weighted by molar-refractivity contribution is 7.99. The lowest BCUT2D eigenvalue weighted by Crippen LogP contribution is -2.00. The molecule has 0 saturated carbocycles. The first-order valence-corrected chi connectivity index (χ1v) is 7.58. The number of benzene rings is 1. The van der Waals surface area contributed by atoms with E-state index in [4.69, 9.17) is 20.8 Å². The largest absolute Gasteiger partial charge is 0.431 e. The van der Waals surface area contributed by atoms with Crippen molar-refractivity contribution >= 4 is 34.5 Å². The zero-order valence-corrected chi connectivity index (χ0v) is 12.8. The summed E-state index contributed by atoms with van der Waals surface area (Å²) >= 11 is 7.31. The molecule has 0 N–H and O–H groups in total. The first-order valence-electron chi connectivity index (χ1n) is 6.39. The van der Waals surface area contributed by atoms with Crippen molar-refractivity contribution in [3.8, 4) is 0 Å². The molecular weight excluding hydrogens is 310 g/mol. The van der Waals surface area contributed by atoms with Crippen LogP contribution in [0.15, 0.2) is 45.0 Å². The third-order valence-electron chi connectivity index (χ3n) is 2.62. The topological polar surface area (TPSA) is 61.0 Å². The van der Waals surface area contributed by atoms with Gasteiger partial charge in [0.25, 0.3) is 5.22 Å². The van der Waals surface area contributed by atoms with Gasteiger partial charge in [0.2, 0.25) is 0 Å². The fourth-order valence-corrected chi connectivity index (χ4v) is 2.78. The molecule has 0 fully saturated rings. The van der Waals surface area contributed by atoms with Gasteiger partial charge in [-0.25, -0.2) is 15.0 Å². The van der Waals surface area contributed by atoms with Gasteiger partial charge in [-0.3, -0.25) is 0 Å². The van der Waals surface area contributed by atoms with Gasteiger partial charge in [0.05, 0.1) is 0 Å². The van der Waals surface area contributed by atoms with E-state index in [0.717, 1.165) is 11.1 Å². The summed E-state index contributed by atoms with van der Waals surface area (Å²) < 4.78 is 10.9. The summed E-state index contributed by atoms with van der Waals surface area (Å²) in [6.45, 7) is 2.85. The predicted octanol–water partition coefficient (Wildman–Crippen LogP) is 3.96. The Balaban J connectivity index is 1.84. The lowest BCUT2D eigenvalue weighted by atomic mass is 10.3. The number of aromatic nitrogens is 3. The molecule has 3 aromatic rings. The molecule has 1 aromatic carbocycles. The molecule has 5 nitrogen and oxygen atoms in total. The molecule has 0 aliphatic heterocycles. The molecule has 0 bridgehead atoms. The van der Waals surface area contributed by atoms with Gasteiger partial charge < -0.3 is 9.15 Å². The van der Waals surface area contributed by atoms with Crippen LogP contribution < -0.4 is 0 Å². The molecule has 0 saturated heterocycles. The van der Waals surface area contributed by atoms with E-state index in [-0.39, 0.29) is 0 Å². The molecule has 0 unspecified atom stereocenters. The van der Waals surface area contributed by atoms with E-state index in [1.807, 2.05) is 31.2 Å². The minimum absolute atomic E-state index is 0.332. The summed E-state index contributed by atoms with van der Waals surface area (Å²) in [4.78, 5) is 12.9. The maximum atomic E-state index is 6.00. The number of rotatable bonds is 5. The maximum absolute atomic E-state index is 6.00. The van der Waals surface area contributed by atoms with Crippen LogP contribution in [0.3, 0.4) is 0 Å². The molecule has 0 radical (unpaired) electrons. The van der Waals surface area contributed by atoms with Crippen LogP contribution in [0.25, 0.3) is 11.1 Å². The Kier molecular flexibility index (Phi) is 4.38. The number of para-hydroxylation sites is 2. The molecule has 0 amide bonds. The zero-order valence-electron chi connectivity index (χ0n) is 11.2. The van der Waals surface area contributed by atoms with Gasteiger partial charge in [0.15, 0.2) is 11.4 Å². The van der Waals surface area contributed by atoms with Gasteiger partial charge in [0, 0.05) is 12.7 Å². The minimum Gasteiger partial charge on any atom is -0.431 e. The fraction of sp³-hybridized carbons (Fsp3) is 0.214. The van der Waals surface area contributed by atoms with Crippen LogP contribution >= 0.6 is 23.4 Å². The average molecular weight is 322 g/mol. The first kappa shape index (κ1) is 14.3. The highest BCUT2D eigenvalue weighted by atomic mass is 35.5. The summed E-state index contributed by atoms with van der Waals surface area (Å²) in [6, 6.07) is 9.28. The molecule has 21 heavy (non-hydrogen) atoms. The van der Waals surface area contributed by atoms with Gasteiger partial charge >= 0.3 is 0 Å². The van der Waals surface area contributed by atoms with Crippen molar-refractivity contribution in [2.45, 2.75) is 23.8 Å². The van der Waals surface area contributed by atoms with Crippen molar-refractivity contribution in [1.29, 1.82) is 0 Å². The summed E-state index contributed by atoms with van der Waals surface area (Å²) in [7, 11) is 0. The van der Waals surface area contributed by atoms with Gasteiger partial charge in [0.1, 0.15) is 22.3 Å². The van der Waals surface area contributed by atoms with Crippen molar-refractivity contribution in [2.75, 3.05) is 6.61 Å². The molecule has 0 atom stereocenters. The van der Waals surface area contributed by atoms with E-state index in [2.05, 4.69) is 15.0 Å². The van der Waals surface area contributed by atoms with E-state index < -0.39 is 0 Å². The average Bonchev–Trinajstić information content (AvgIpc) is 2.86. The number of nitrogens with zero attached hydrogens (tertiary/aromatic N) is 3. The number of hydrogen-bond donors (Lipinski definition) is 0. The summed E-state index contributed by atoms with van der Waals surface area (Å²) in [6.07, 6.45) is 0. The minimum atomic E-state index is 0.332. The number of hydrogen-bond acceptors (Lipinski definition) is 6. The van der Waals surface area contributed by atoms with Crippen molar-refractivity contribution in [1.82, 2.24) is 15.0 Å². The quantitative estimate of drug-likeness (QED) is 0.663. The fourth-order valence-electron chi connectivity index (χ4n) is 1.74. The van der Waals surface area contributed by atoms with Crippen molar-refractivity contribution in [3.63, 3.8) is 0 Å². The summed E-state index contributed by atoms with van der Waals surface area (Å²) in [5.41, 5.74) is 1.56. The second-order valence-electron chi connectivity index (χ2n) is 4.13. The smallest absolute Gasteiger partial charge is 0.263 e. The molecule has 0 aliphatic carbocycles. The Morgan fingerprint density at radius 2 is 2.10 bits per heavy atom. The number of fused-ring (bicyclic) bond motifs is 1.